The van der Waals surface area contributed by atoms with Crippen LogP contribution in [0.3, 0.4) is 0 Å². The third-order valence-corrected chi connectivity index (χ3v) is 3.90. The summed E-state index contributed by atoms with van der Waals surface area (Å²) in [4.78, 5) is 21.9. The molecule has 2 rings (SSSR count). The van der Waals surface area contributed by atoms with Crippen molar-refractivity contribution in [2.75, 3.05) is 24.1 Å². The number of anilines is 2. The highest BCUT2D eigenvalue weighted by Crippen LogP contribution is 2.34. The number of rotatable bonds is 8. The first kappa shape index (κ1) is 21.0. The molecule has 7 nitrogen and oxygen atoms in total. The standard InChI is InChI=1S/C18H19F3N4O3/c19-18(20,21)13-3-6-15(16(11-13)25(27)28)23-10-8-17(26)24-9-7-12-1-4-14(22)5-2-12/h1-6,11,23H,7-10,22H2,(H,24,26). The minimum absolute atomic E-state index is 0.0138. The van der Waals surface area contributed by atoms with Crippen molar-refractivity contribution < 1.29 is 22.9 Å². The highest BCUT2D eigenvalue weighted by molar-refractivity contribution is 5.76. The first-order chi connectivity index (χ1) is 13.2. The van der Waals surface area contributed by atoms with Crippen LogP contribution in [0, 0.1) is 10.1 Å². The fourth-order valence-corrected chi connectivity index (χ4v) is 2.44. The number of nitrogens with zero attached hydrogens (tertiary/aromatic N) is 1. The second kappa shape index (κ2) is 9.07. The molecule has 0 aliphatic carbocycles. The topological polar surface area (TPSA) is 110 Å². The summed E-state index contributed by atoms with van der Waals surface area (Å²) in [6.07, 6.45) is -4.04. The number of nitro benzene ring substituents is 1. The number of halogens is 3. The van der Waals surface area contributed by atoms with Crippen LogP contribution < -0.4 is 16.4 Å². The molecule has 2 aromatic rings. The minimum atomic E-state index is -4.67. The Morgan fingerprint density at radius 1 is 1.11 bits per heavy atom. The summed E-state index contributed by atoms with van der Waals surface area (Å²) < 4.78 is 38.0. The second-order valence-electron chi connectivity index (χ2n) is 6.01. The van der Waals surface area contributed by atoms with Gasteiger partial charge in [0.05, 0.1) is 10.5 Å². The summed E-state index contributed by atoms with van der Waals surface area (Å²) in [5.41, 5.74) is 5.37. The third kappa shape index (κ3) is 6.15. The van der Waals surface area contributed by atoms with Crippen LogP contribution >= 0.6 is 0 Å². The average molecular weight is 396 g/mol. The van der Waals surface area contributed by atoms with E-state index in [1.807, 2.05) is 12.1 Å². The summed E-state index contributed by atoms with van der Waals surface area (Å²) >= 11 is 0. The van der Waals surface area contributed by atoms with Crippen molar-refractivity contribution in [1.29, 1.82) is 0 Å². The highest BCUT2D eigenvalue weighted by Gasteiger charge is 2.33. The monoisotopic (exact) mass is 396 g/mol. The van der Waals surface area contributed by atoms with Gasteiger partial charge in [0.1, 0.15) is 5.69 Å². The van der Waals surface area contributed by atoms with Crippen molar-refractivity contribution in [1.82, 2.24) is 5.32 Å². The maximum Gasteiger partial charge on any atom is 0.416 e. The van der Waals surface area contributed by atoms with Crippen molar-refractivity contribution in [2.45, 2.75) is 19.0 Å². The number of nitrogen functional groups attached to an aromatic ring is 1. The molecule has 0 aliphatic rings. The van der Waals surface area contributed by atoms with Gasteiger partial charge >= 0.3 is 6.18 Å². The molecule has 0 bridgehead atoms. The molecule has 2 aromatic carbocycles. The summed E-state index contributed by atoms with van der Waals surface area (Å²) in [6, 6.07) is 9.44. The average Bonchev–Trinajstić information content (AvgIpc) is 2.62. The summed E-state index contributed by atoms with van der Waals surface area (Å²) in [5.74, 6) is -0.280. The van der Waals surface area contributed by atoms with Gasteiger partial charge in [0.15, 0.2) is 0 Å². The Morgan fingerprint density at radius 3 is 2.39 bits per heavy atom. The van der Waals surface area contributed by atoms with Crippen LogP contribution in [0.5, 0.6) is 0 Å². The molecule has 0 fully saturated rings. The molecule has 4 N–H and O–H groups in total. The van der Waals surface area contributed by atoms with Crippen molar-refractivity contribution in [3.05, 3.63) is 63.7 Å². The lowest BCUT2D eigenvalue weighted by Crippen LogP contribution is -2.27. The molecule has 0 saturated carbocycles. The Morgan fingerprint density at radius 2 is 1.79 bits per heavy atom. The Hall–Kier alpha value is -3.30. The van der Waals surface area contributed by atoms with Gasteiger partial charge < -0.3 is 16.4 Å². The minimum Gasteiger partial charge on any atom is -0.399 e. The third-order valence-electron chi connectivity index (χ3n) is 3.90. The molecule has 150 valence electrons. The van der Waals surface area contributed by atoms with E-state index >= 15 is 0 Å². The predicted molar refractivity (Wildman–Crippen MR) is 98.8 cm³/mol. The van der Waals surface area contributed by atoms with Crippen molar-refractivity contribution in [2.24, 2.45) is 0 Å². The van der Waals surface area contributed by atoms with E-state index in [4.69, 9.17) is 5.73 Å². The molecule has 0 radical (unpaired) electrons. The lowest BCUT2D eigenvalue weighted by atomic mass is 10.1. The van der Waals surface area contributed by atoms with E-state index in [-0.39, 0.29) is 24.6 Å². The van der Waals surface area contributed by atoms with Crippen molar-refractivity contribution in [3.63, 3.8) is 0 Å². The van der Waals surface area contributed by atoms with E-state index in [0.717, 1.165) is 17.7 Å². The van der Waals surface area contributed by atoms with Gasteiger partial charge in [0, 0.05) is 31.3 Å². The SMILES string of the molecule is Nc1ccc(CCNC(=O)CCNc2ccc(C(F)(F)F)cc2[N+](=O)[O-])cc1. The van der Waals surface area contributed by atoms with E-state index < -0.39 is 22.4 Å². The van der Waals surface area contributed by atoms with E-state index in [0.29, 0.717) is 24.7 Å². The summed E-state index contributed by atoms with van der Waals surface area (Å²) in [5, 5.41) is 16.3. The van der Waals surface area contributed by atoms with Gasteiger partial charge in [-0.05, 0) is 36.2 Å². The number of carbonyl (C=O) groups excluding carboxylic acids is 1. The number of benzene rings is 2. The maximum atomic E-state index is 12.7. The van der Waals surface area contributed by atoms with Crippen molar-refractivity contribution >= 4 is 23.0 Å². The lowest BCUT2D eigenvalue weighted by molar-refractivity contribution is -0.384. The Kier molecular flexibility index (Phi) is 6.80. The van der Waals surface area contributed by atoms with Gasteiger partial charge in [0.25, 0.3) is 5.69 Å². The quantitative estimate of drug-likeness (QED) is 0.360. The molecule has 0 atom stereocenters. The van der Waals surface area contributed by atoms with Gasteiger partial charge in [0.2, 0.25) is 5.91 Å². The normalized spacial score (nSPS) is 11.1. The Labute approximate surface area is 158 Å². The molecule has 28 heavy (non-hydrogen) atoms. The zero-order valence-electron chi connectivity index (χ0n) is 14.8. The van der Waals surface area contributed by atoms with E-state index in [1.54, 1.807) is 12.1 Å². The number of nitrogens with one attached hydrogen (secondary N) is 2. The van der Waals surface area contributed by atoms with Gasteiger partial charge in [-0.15, -0.1) is 0 Å². The number of hydrogen-bond donors (Lipinski definition) is 3. The van der Waals surface area contributed by atoms with Gasteiger partial charge in [-0.2, -0.15) is 13.2 Å². The van der Waals surface area contributed by atoms with Crippen molar-refractivity contribution in [3.8, 4) is 0 Å². The van der Waals surface area contributed by atoms with Gasteiger partial charge in [-0.25, -0.2) is 0 Å². The molecule has 0 aromatic heterocycles. The predicted octanol–water partition coefficient (Wildman–Crippen LogP) is 3.36. The largest absolute Gasteiger partial charge is 0.416 e. The van der Waals surface area contributed by atoms with E-state index in [9.17, 15) is 28.1 Å². The zero-order valence-corrected chi connectivity index (χ0v) is 14.8. The van der Waals surface area contributed by atoms with Crippen LogP contribution in [0.4, 0.5) is 30.2 Å². The molecule has 1 amide bonds. The fraction of sp³-hybridized carbons (Fsp3) is 0.278. The molecule has 0 heterocycles. The highest BCUT2D eigenvalue weighted by atomic mass is 19.4. The van der Waals surface area contributed by atoms with Crippen LogP contribution in [0.25, 0.3) is 0 Å². The Balaban J connectivity index is 1.82. The number of hydrogen-bond acceptors (Lipinski definition) is 5. The number of amides is 1. The van der Waals surface area contributed by atoms with Crippen LogP contribution in [0.1, 0.15) is 17.5 Å². The van der Waals surface area contributed by atoms with Gasteiger partial charge in [-0.3, -0.25) is 14.9 Å². The first-order valence-electron chi connectivity index (χ1n) is 8.37. The molecule has 0 unspecified atom stereocenters. The Bertz CT molecular complexity index is 839. The van der Waals surface area contributed by atoms with Crippen LogP contribution in [-0.2, 0) is 17.4 Å². The smallest absolute Gasteiger partial charge is 0.399 e. The lowest BCUT2D eigenvalue weighted by Gasteiger charge is -2.11. The van der Waals surface area contributed by atoms with Crippen LogP contribution in [0.15, 0.2) is 42.5 Å². The van der Waals surface area contributed by atoms with Crippen LogP contribution in [-0.4, -0.2) is 23.9 Å². The zero-order chi connectivity index (χ0) is 20.7. The van der Waals surface area contributed by atoms with Crippen LogP contribution in [0.2, 0.25) is 0 Å². The van der Waals surface area contributed by atoms with E-state index in [1.165, 1.54) is 0 Å². The summed E-state index contributed by atoms with van der Waals surface area (Å²) in [7, 11) is 0. The molecule has 0 aliphatic heterocycles. The number of nitrogens with two attached hydrogens (primary N) is 1. The molecular formula is C18H19F3N4O3. The first-order valence-corrected chi connectivity index (χ1v) is 8.37. The van der Waals surface area contributed by atoms with E-state index in [2.05, 4.69) is 10.6 Å². The molecule has 10 heteroatoms. The number of alkyl halides is 3. The fourth-order valence-electron chi connectivity index (χ4n) is 2.44. The number of carbonyl (C=O) groups is 1. The van der Waals surface area contributed by atoms with Gasteiger partial charge in [-0.1, -0.05) is 12.1 Å². The number of nitro groups is 1. The molecular weight excluding hydrogens is 377 g/mol. The second-order valence-corrected chi connectivity index (χ2v) is 6.01. The molecule has 0 spiro atoms. The maximum absolute atomic E-state index is 12.7. The summed E-state index contributed by atoms with van der Waals surface area (Å²) in [6.45, 7) is 0.448. The molecule has 0 saturated heterocycles.